The van der Waals surface area contributed by atoms with Crippen molar-refractivity contribution >= 4 is 38.9 Å². The maximum atomic E-state index is 13.3. The van der Waals surface area contributed by atoms with Crippen LogP contribution < -0.4 is 20.5 Å². The molecule has 37 heavy (non-hydrogen) atoms. The number of carbonyl (C=O) groups excluding carboxylic acids is 1. The van der Waals surface area contributed by atoms with Gasteiger partial charge in [0.05, 0.1) is 16.3 Å². The third kappa shape index (κ3) is 4.85. The normalized spacial score (nSPS) is 20.7. The summed E-state index contributed by atoms with van der Waals surface area (Å²) in [6, 6.07) is 16.8. The second-order valence-electron chi connectivity index (χ2n) is 10.1. The van der Waals surface area contributed by atoms with Crippen molar-refractivity contribution in [3.05, 3.63) is 87.3 Å². The van der Waals surface area contributed by atoms with Crippen LogP contribution in [0.3, 0.4) is 0 Å². The number of nitrogens with one attached hydrogen (secondary N) is 2. The summed E-state index contributed by atoms with van der Waals surface area (Å²) >= 11 is 6.06. The molecule has 1 aromatic heterocycles. The lowest BCUT2D eigenvalue weighted by Gasteiger charge is -2.44. The zero-order valence-electron chi connectivity index (χ0n) is 20.1. The molecular weight excluding hydrogens is 512 g/mol. The first-order valence-corrected chi connectivity index (χ1v) is 14.3. The van der Waals surface area contributed by atoms with E-state index in [0.717, 1.165) is 25.0 Å². The number of nitrogens with zero attached hydrogens (tertiary/aromatic N) is 2. The Kier molecular flexibility index (Phi) is 6.00. The Morgan fingerprint density at radius 2 is 1.78 bits per heavy atom. The third-order valence-electron chi connectivity index (χ3n) is 7.34. The van der Waals surface area contributed by atoms with Crippen LogP contribution in [0.4, 0.5) is 11.4 Å². The van der Waals surface area contributed by atoms with Gasteiger partial charge < -0.3 is 14.8 Å². The number of pyridine rings is 1. The smallest absolute Gasteiger partial charge is 0.262 e. The van der Waals surface area contributed by atoms with Crippen LogP contribution in [0.5, 0.6) is 0 Å². The van der Waals surface area contributed by atoms with Gasteiger partial charge >= 0.3 is 0 Å². The summed E-state index contributed by atoms with van der Waals surface area (Å²) in [6.45, 7) is 1.95. The van der Waals surface area contributed by atoms with E-state index in [1.165, 1.54) is 12.1 Å². The number of hydrogen-bond donors (Lipinski definition) is 2. The van der Waals surface area contributed by atoms with E-state index in [4.69, 9.17) is 11.6 Å². The highest BCUT2D eigenvalue weighted by molar-refractivity contribution is 7.92. The van der Waals surface area contributed by atoms with Crippen molar-refractivity contribution in [3.8, 4) is 0 Å². The summed E-state index contributed by atoms with van der Waals surface area (Å²) in [4.78, 5) is 27.4. The van der Waals surface area contributed by atoms with E-state index in [-0.39, 0.29) is 34.2 Å². The minimum absolute atomic E-state index is 0.0154. The fourth-order valence-corrected chi connectivity index (χ4v) is 6.83. The van der Waals surface area contributed by atoms with Gasteiger partial charge in [-0.05, 0) is 67.6 Å². The van der Waals surface area contributed by atoms with Crippen molar-refractivity contribution in [1.82, 2.24) is 9.88 Å². The summed E-state index contributed by atoms with van der Waals surface area (Å²) in [7, 11) is -3.96. The first-order valence-electron chi connectivity index (χ1n) is 12.4. The van der Waals surface area contributed by atoms with E-state index in [2.05, 4.69) is 14.9 Å². The molecule has 2 bridgehead atoms. The lowest BCUT2D eigenvalue weighted by Crippen LogP contribution is -2.47. The Balaban J connectivity index is 1.36. The van der Waals surface area contributed by atoms with Crippen molar-refractivity contribution in [3.63, 3.8) is 0 Å². The van der Waals surface area contributed by atoms with Gasteiger partial charge in [-0.3, -0.25) is 14.3 Å². The Labute approximate surface area is 220 Å². The largest absolute Gasteiger partial charge is 0.369 e. The molecule has 2 N–H and O–H groups in total. The first-order chi connectivity index (χ1) is 17.8. The molecule has 192 valence electrons. The molecular formula is C27H27ClN4O4S. The predicted molar refractivity (Wildman–Crippen MR) is 143 cm³/mol. The Bertz CT molecular complexity index is 1550. The molecule has 1 saturated heterocycles. The molecule has 1 amide bonds. The zero-order chi connectivity index (χ0) is 25.7. The molecule has 0 radical (unpaired) electrons. The summed E-state index contributed by atoms with van der Waals surface area (Å²) in [5, 5.41) is 3.29. The molecule has 3 aliphatic rings. The maximum absolute atomic E-state index is 13.3. The van der Waals surface area contributed by atoms with Gasteiger partial charge in [0.1, 0.15) is 0 Å². The molecule has 1 saturated carbocycles. The van der Waals surface area contributed by atoms with Crippen molar-refractivity contribution in [2.45, 2.75) is 42.7 Å². The number of carbonyl (C=O) groups is 1. The number of anilines is 2. The quantitative estimate of drug-likeness (QED) is 0.497. The van der Waals surface area contributed by atoms with E-state index < -0.39 is 10.0 Å². The lowest BCUT2D eigenvalue weighted by molar-refractivity contribution is 0.0951. The van der Waals surface area contributed by atoms with E-state index >= 15 is 0 Å². The van der Waals surface area contributed by atoms with Crippen molar-refractivity contribution in [2.75, 3.05) is 22.7 Å². The molecule has 1 aliphatic carbocycles. The number of fused-ring (bicyclic) bond motifs is 4. The summed E-state index contributed by atoms with van der Waals surface area (Å²) < 4.78 is 31.2. The Morgan fingerprint density at radius 3 is 2.57 bits per heavy atom. The molecule has 6 rings (SSSR count). The van der Waals surface area contributed by atoms with Crippen LogP contribution in [0.15, 0.2) is 70.4 Å². The second kappa shape index (κ2) is 9.22. The number of halogens is 1. The van der Waals surface area contributed by atoms with Crippen molar-refractivity contribution in [1.29, 1.82) is 0 Å². The van der Waals surface area contributed by atoms with Crippen LogP contribution in [0.2, 0.25) is 5.02 Å². The Morgan fingerprint density at radius 1 is 0.973 bits per heavy atom. The highest BCUT2D eigenvalue weighted by Crippen LogP contribution is 2.40. The topological polar surface area (TPSA) is 101 Å². The summed E-state index contributed by atoms with van der Waals surface area (Å²) in [5.41, 5.74) is 2.47. The van der Waals surface area contributed by atoms with E-state index in [9.17, 15) is 18.0 Å². The van der Waals surface area contributed by atoms with Gasteiger partial charge in [-0.25, -0.2) is 8.42 Å². The van der Waals surface area contributed by atoms with Crippen LogP contribution >= 0.6 is 11.6 Å². The lowest BCUT2D eigenvalue weighted by atomic mass is 9.83. The highest BCUT2D eigenvalue weighted by atomic mass is 35.5. The van der Waals surface area contributed by atoms with Gasteiger partial charge in [0.15, 0.2) is 0 Å². The monoisotopic (exact) mass is 538 g/mol. The molecule has 10 heteroatoms. The molecule has 2 atom stereocenters. The van der Waals surface area contributed by atoms with Gasteiger partial charge in [-0.1, -0.05) is 23.7 Å². The minimum atomic E-state index is -3.96. The molecule has 3 heterocycles. The van der Waals surface area contributed by atoms with Gasteiger partial charge in [-0.15, -0.1) is 0 Å². The van der Waals surface area contributed by atoms with Gasteiger partial charge in [0, 0.05) is 53.9 Å². The van der Waals surface area contributed by atoms with Crippen molar-refractivity contribution < 1.29 is 13.2 Å². The fraction of sp³-hybridized carbons (Fsp3) is 0.333. The fourth-order valence-electron chi connectivity index (χ4n) is 5.46. The van der Waals surface area contributed by atoms with Gasteiger partial charge in [-0.2, -0.15) is 0 Å². The third-order valence-corrected chi connectivity index (χ3v) is 8.94. The van der Waals surface area contributed by atoms with E-state index in [1.807, 2.05) is 16.7 Å². The molecule has 2 aromatic carbocycles. The molecule has 2 unspecified atom stereocenters. The average Bonchev–Trinajstić information content (AvgIpc) is 3.68. The van der Waals surface area contributed by atoms with Crippen molar-refractivity contribution in [2.24, 2.45) is 5.92 Å². The van der Waals surface area contributed by atoms with Crippen LogP contribution in [0.1, 0.15) is 41.2 Å². The molecule has 3 aromatic rings. The van der Waals surface area contributed by atoms with Crippen LogP contribution in [-0.4, -0.2) is 38.0 Å². The van der Waals surface area contributed by atoms with Crippen LogP contribution in [0, 0.1) is 5.92 Å². The number of hydrogen-bond acceptors (Lipinski definition) is 5. The van der Waals surface area contributed by atoms with Crippen LogP contribution in [0.25, 0.3) is 0 Å². The first kappa shape index (κ1) is 24.1. The van der Waals surface area contributed by atoms with Gasteiger partial charge in [0.2, 0.25) is 0 Å². The highest BCUT2D eigenvalue weighted by Gasteiger charge is 2.36. The van der Waals surface area contributed by atoms with E-state index in [0.29, 0.717) is 41.6 Å². The number of benzene rings is 2. The number of aromatic nitrogens is 1. The standard InChI is InChI=1S/C27H27ClN4O4S/c28-20-3-1-4-22(13-20)37(35,36)30-23-12-18(27(34)29-21-8-9-21)7-10-25(23)31-14-17-11-19(16-31)24-5-2-6-26(33)32(24)15-17/h1-7,10,12-13,17,19,21,30H,8-9,11,14-16H2,(H,29,34). The number of sulfonamides is 1. The summed E-state index contributed by atoms with van der Waals surface area (Å²) in [6.07, 6.45) is 2.89. The number of piperidine rings is 1. The molecule has 2 aliphatic heterocycles. The summed E-state index contributed by atoms with van der Waals surface area (Å²) in [5.74, 6) is 0.180. The van der Waals surface area contributed by atoms with Crippen LogP contribution in [-0.2, 0) is 16.6 Å². The molecule has 0 spiro atoms. The number of amides is 1. The van der Waals surface area contributed by atoms with E-state index in [1.54, 1.807) is 36.4 Å². The second-order valence-corrected chi connectivity index (χ2v) is 12.3. The average molecular weight is 539 g/mol. The van der Waals surface area contributed by atoms with Gasteiger partial charge in [0.25, 0.3) is 21.5 Å². The minimum Gasteiger partial charge on any atom is -0.369 e. The number of rotatable bonds is 6. The SMILES string of the molecule is O=C(NC1CC1)c1ccc(N2CC3CC(C2)c2cccc(=O)n2C3)c(NS(=O)(=O)c2cccc(Cl)c2)c1. The maximum Gasteiger partial charge on any atom is 0.262 e. The predicted octanol–water partition coefficient (Wildman–Crippen LogP) is 3.82. The Hall–Kier alpha value is -3.30. The molecule has 2 fully saturated rings. The zero-order valence-corrected chi connectivity index (χ0v) is 21.6. The molecule has 8 nitrogen and oxygen atoms in total.